The molecule has 0 aliphatic heterocycles. The first-order valence-electron chi connectivity index (χ1n) is 3.72. The Morgan fingerprint density at radius 1 is 1.50 bits per heavy atom. The van der Waals surface area contributed by atoms with Gasteiger partial charge in [0.1, 0.15) is 0 Å². The first-order valence-corrected chi connectivity index (χ1v) is 5.32. The molecular formula is C7H14LiNO4S. The van der Waals surface area contributed by atoms with Crippen molar-refractivity contribution in [2.24, 2.45) is 0 Å². The second-order valence-electron chi connectivity index (χ2n) is 2.68. The number of amides is 1. The van der Waals surface area contributed by atoms with Crippen molar-refractivity contribution in [1.82, 2.24) is 5.32 Å². The molecule has 78 valence electrons. The first-order chi connectivity index (χ1) is 5.83. The van der Waals surface area contributed by atoms with Crippen molar-refractivity contribution in [2.45, 2.75) is 13.3 Å². The van der Waals surface area contributed by atoms with Crippen LogP contribution in [-0.4, -0.2) is 50.0 Å². The van der Waals surface area contributed by atoms with E-state index >= 15 is 0 Å². The van der Waals surface area contributed by atoms with Gasteiger partial charge in [-0.1, -0.05) is 6.58 Å². The van der Waals surface area contributed by atoms with E-state index in [1.54, 1.807) is 6.92 Å². The minimum atomic E-state index is -3.92. The Kier molecular flexibility index (Phi) is 8.16. The molecule has 0 radical (unpaired) electrons. The normalized spacial score (nSPS) is 10.1. The Labute approximate surface area is 95.9 Å². The van der Waals surface area contributed by atoms with Crippen LogP contribution in [0.4, 0.5) is 0 Å². The Bertz CT molecular complexity index is 299. The molecule has 0 heterocycles. The third-order valence-corrected chi connectivity index (χ3v) is 2.06. The van der Waals surface area contributed by atoms with Crippen molar-refractivity contribution >= 4 is 34.9 Å². The quantitative estimate of drug-likeness (QED) is 0.275. The maximum absolute atomic E-state index is 10.8. The maximum atomic E-state index is 10.8. The Morgan fingerprint density at radius 2 is 2.00 bits per heavy atom. The molecule has 0 aromatic rings. The van der Waals surface area contributed by atoms with Gasteiger partial charge in [-0.2, -0.15) is 8.42 Å². The van der Waals surface area contributed by atoms with Gasteiger partial charge in [0, 0.05) is 12.1 Å². The molecular weight excluding hydrogens is 201 g/mol. The standard InChI is InChI=1S/C7H13NO4S.Li.H/c1-6(2)7(9)8-4-3-5-13(10,11)12;;/h1,3-5H2,2H3,(H,8,9)(H,10,11,12);;. The van der Waals surface area contributed by atoms with Gasteiger partial charge in [-0.3, -0.25) is 9.35 Å². The molecule has 2 N–H and O–H groups in total. The van der Waals surface area contributed by atoms with Gasteiger partial charge in [-0.05, 0) is 13.3 Å². The molecule has 0 rings (SSSR count). The summed E-state index contributed by atoms with van der Waals surface area (Å²) in [5.41, 5.74) is 0.367. The van der Waals surface area contributed by atoms with Gasteiger partial charge in [0.2, 0.25) is 5.91 Å². The van der Waals surface area contributed by atoms with Gasteiger partial charge in [0.05, 0.1) is 5.75 Å². The number of hydrogen-bond acceptors (Lipinski definition) is 3. The third-order valence-electron chi connectivity index (χ3n) is 1.25. The summed E-state index contributed by atoms with van der Waals surface area (Å²) in [6.07, 6.45) is 0.192. The molecule has 0 spiro atoms. The van der Waals surface area contributed by atoms with E-state index in [9.17, 15) is 13.2 Å². The van der Waals surface area contributed by atoms with Crippen LogP contribution in [0.25, 0.3) is 0 Å². The zero-order chi connectivity index (χ0) is 10.5. The molecule has 0 bridgehead atoms. The zero-order valence-electron chi connectivity index (χ0n) is 7.41. The summed E-state index contributed by atoms with van der Waals surface area (Å²) in [6, 6.07) is 0. The van der Waals surface area contributed by atoms with Crippen molar-refractivity contribution in [2.75, 3.05) is 12.3 Å². The van der Waals surface area contributed by atoms with Crippen LogP contribution < -0.4 is 5.32 Å². The van der Waals surface area contributed by atoms with Crippen molar-refractivity contribution in [3.05, 3.63) is 12.2 Å². The molecule has 0 atom stereocenters. The topological polar surface area (TPSA) is 83.5 Å². The fourth-order valence-corrected chi connectivity index (χ4v) is 1.12. The van der Waals surface area contributed by atoms with Crippen LogP contribution in [0.3, 0.4) is 0 Å². The molecule has 0 unspecified atom stereocenters. The summed E-state index contributed by atoms with van der Waals surface area (Å²) < 4.78 is 28.8. The molecule has 0 fully saturated rings. The van der Waals surface area contributed by atoms with Crippen molar-refractivity contribution in [3.8, 4) is 0 Å². The van der Waals surface area contributed by atoms with Crippen LogP contribution in [0.2, 0.25) is 0 Å². The van der Waals surface area contributed by atoms with Crippen LogP contribution >= 0.6 is 0 Å². The molecule has 0 aliphatic rings. The van der Waals surface area contributed by atoms with Gasteiger partial charge >= 0.3 is 18.9 Å². The van der Waals surface area contributed by atoms with Crippen LogP contribution in [-0.2, 0) is 14.9 Å². The predicted molar refractivity (Wildman–Crippen MR) is 56.0 cm³/mol. The SMILES string of the molecule is C=C(C)C(=O)NCCCS(=O)(=O)O.[LiH]. The molecule has 0 aliphatic carbocycles. The number of carbonyl (C=O) groups excluding carboxylic acids is 1. The van der Waals surface area contributed by atoms with E-state index < -0.39 is 10.1 Å². The minimum absolute atomic E-state index is 0. The molecule has 1 amide bonds. The summed E-state index contributed by atoms with van der Waals surface area (Å²) in [4.78, 5) is 10.8. The molecule has 0 saturated heterocycles. The summed E-state index contributed by atoms with van der Waals surface area (Å²) in [5, 5.41) is 2.44. The van der Waals surface area contributed by atoms with Crippen LogP contribution in [0.1, 0.15) is 13.3 Å². The monoisotopic (exact) mass is 215 g/mol. The summed E-state index contributed by atoms with van der Waals surface area (Å²) >= 11 is 0. The van der Waals surface area contributed by atoms with Gasteiger partial charge in [-0.25, -0.2) is 0 Å². The zero-order valence-corrected chi connectivity index (χ0v) is 8.23. The van der Waals surface area contributed by atoms with Crippen molar-refractivity contribution in [1.29, 1.82) is 0 Å². The Morgan fingerprint density at radius 3 is 2.36 bits per heavy atom. The fraction of sp³-hybridized carbons (Fsp3) is 0.571. The van der Waals surface area contributed by atoms with Crippen LogP contribution in [0, 0.1) is 0 Å². The van der Waals surface area contributed by atoms with E-state index in [-0.39, 0.29) is 43.5 Å². The molecule has 7 heteroatoms. The fourth-order valence-electron chi connectivity index (χ4n) is 0.607. The third kappa shape index (κ3) is 9.80. The molecule has 14 heavy (non-hydrogen) atoms. The first kappa shape index (κ1) is 16.2. The molecule has 0 aromatic heterocycles. The summed E-state index contributed by atoms with van der Waals surface area (Å²) in [7, 11) is -3.92. The van der Waals surface area contributed by atoms with Gasteiger partial charge < -0.3 is 5.32 Å². The number of carbonyl (C=O) groups is 1. The molecule has 5 nitrogen and oxygen atoms in total. The molecule has 0 aromatic carbocycles. The Hall–Kier alpha value is -0.283. The second kappa shape index (κ2) is 7.07. The number of rotatable bonds is 5. The average Bonchev–Trinajstić information content (AvgIpc) is 1.95. The van der Waals surface area contributed by atoms with Crippen LogP contribution in [0.15, 0.2) is 12.2 Å². The van der Waals surface area contributed by atoms with E-state index in [1.165, 1.54) is 0 Å². The average molecular weight is 215 g/mol. The van der Waals surface area contributed by atoms with E-state index in [4.69, 9.17) is 4.55 Å². The van der Waals surface area contributed by atoms with Gasteiger partial charge in [0.15, 0.2) is 0 Å². The van der Waals surface area contributed by atoms with Gasteiger partial charge in [-0.15, -0.1) is 0 Å². The van der Waals surface area contributed by atoms with Crippen molar-refractivity contribution in [3.63, 3.8) is 0 Å². The Balaban J connectivity index is 0. The van der Waals surface area contributed by atoms with E-state index in [1.807, 2.05) is 0 Å². The van der Waals surface area contributed by atoms with E-state index in [0.717, 1.165) is 0 Å². The van der Waals surface area contributed by atoms with Gasteiger partial charge in [0.25, 0.3) is 10.1 Å². The predicted octanol–water partition coefficient (Wildman–Crippen LogP) is -0.692. The number of hydrogen-bond donors (Lipinski definition) is 2. The van der Waals surface area contributed by atoms with Crippen LogP contribution in [0.5, 0.6) is 0 Å². The summed E-state index contributed by atoms with van der Waals surface area (Å²) in [6.45, 7) is 5.17. The number of nitrogens with one attached hydrogen (secondary N) is 1. The molecule has 0 saturated carbocycles. The van der Waals surface area contributed by atoms with E-state index in [2.05, 4.69) is 11.9 Å². The summed E-state index contributed by atoms with van der Waals surface area (Å²) in [5.74, 6) is -0.654. The van der Waals surface area contributed by atoms with E-state index in [0.29, 0.717) is 5.57 Å². The second-order valence-corrected chi connectivity index (χ2v) is 4.25. The van der Waals surface area contributed by atoms with Crippen molar-refractivity contribution < 1.29 is 17.8 Å².